The molecular weight excluding hydrogens is 200 g/mol. The summed E-state index contributed by atoms with van der Waals surface area (Å²) in [4.78, 5) is 11.6. The van der Waals surface area contributed by atoms with Crippen LogP contribution in [0.4, 0.5) is 0 Å². The highest BCUT2D eigenvalue weighted by atomic mass is 16.5. The standard InChI is InChI=1S/C14H16O2/c1-3-4-6-9-12(2)16-14(15)13-10-7-5-8-11-13/h5-11H,2-4H2,1H3/b9-6+. The number of unbranched alkanes of at least 4 members (excludes halogenated alkanes) is 1. The molecule has 0 saturated heterocycles. The van der Waals surface area contributed by atoms with Gasteiger partial charge in [0.25, 0.3) is 0 Å². The van der Waals surface area contributed by atoms with E-state index < -0.39 is 0 Å². The van der Waals surface area contributed by atoms with Gasteiger partial charge in [0.2, 0.25) is 0 Å². The maximum atomic E-state index is 11.6. The SMILES string of the molecule is C=C(/C=C/CCC)OC(=O)c1ccccc1. The Kier molecular flexibility index (Phi) is 5.06. The number of allylic oxidation sites excluding steroid dienone is 2. The summed E-state index contributed by atoms with van der Waals surface area (Å²) in [6.45, 7) is 5.75. The minimum Gasteiger partial charge on any atom is -0.424 e. The summed E-state index contributed by atoms with van der Waals surface area (Å²) < 4.78 is 5.06. The second-order valence-corrected chi connectivity index (χ2v) is 3.41. The highest BCUT2D eigenvalue weighted by molar-refractivity contribution is 5.90. The Morgan fingerprint density at radius 3 is 2.69 bits per heavy atom. The van der Waals surface area contributed by atoms with Crippen molar-refractivity contribution in [3.63, 3.8) is 0 Å². The maximum Gasteiger partial charge on any atom is 0.343 e. The van der Waals surface area contributed by atoms with Crippen LogP contribution in [0.1, 0.15) is 30.1 Å². The van der Waals surface area contributed by atoms with Crippen LogP contribution in [-0.4, -0.2) is 5.97 Å². The van der Waals surface area contributed by atoms with E-state index in [1.165, 1.54) is 0 Å². The first-order valence-electron chi connectivity index (χ1n) is 5.36. The molecule has 0 spiro atoms. The number of hydrogen-bond donors (Lipinski definition) is 0. The van der Waals surface area contributed by atoms with E-state index in [1.807, 2.05) is 12.1 Å². The van der Waals surface area contributed by atoms with Crippen molar-refractivity contribution < 1.29 is 9.53 Å². The molecule has 1 aromatic rings. The van der Waals surface area contributed by atoms with Crippen molar-refractivity contribution in [3.8, 4) is 0 Å². The molecule has 0 unspecified atom stereocenters. The predicted octanol–water partition coefficient (Wildman–Crippen LogP) is 3.71. The van der Waals surface area contributed by atoms with Gasteiger partial charge in [-0.2, -0.15) is 0 Å². The van der Waals surface area contributed by atoms with Crippen molar-refractivity contribution in [2.24, 2.45) is 0 Å². The number of benzene rings is 1. The van der Waals surface area contributed by atoms with E-state index in [1.54, 1.807) is 30.3 Å². The third-order valence-electron chi connectivity index (χ3n) is 1.99. The summed E-state index contributed by atoms with van der Waals surface area (Å²) in [5.74, 6) is 0.00838. The second-order valence-electron chi connectivity index (χ2n) is 3.41. The molecule has 1 rings (SSSR count). The van der Waals surface area contributed by atoms with Crippen molar-refractivity contribution in [1.82, 2.24) is 0 Å². The third kappa shape index (κ3) is 4.13. The molecule has 0 N–H and O–H groups in total. The van der Waals surface area contributed by atoms with E-state index in [9.17, 15) is 4.79 Å². The van der Waals surface area contributed by atoms with Crippen molar-refractivity contribution in [1.29, 1.82) is 0 Å². The Morgan fingerprint density at radius 2 is 2.06 bits per heavy atom. The number of carbonyl (C=O) groups is 1. The van der Waals surface area contributed by atoms with Gasteiger partial charge < -0.3 is 4.74 Å². The zero-order valence-electron chi connectivity index (χ0n) is 9.48. The molecule has 0 bridgehead atoms. The van der Waals surface area contributed by atoms with Gasteiger partial charge in [0.15, 0.2) is 0 Å². The van der Waals surface area contributed by atoms with Crippen LogP contribution in [0.5, 0.6) is 0 Å². The quantitative estimate of drug-likeness (QED) is 0.426. The summed E-state index contributed by atoms with van der Waals surface area (Å²) >= 11 is 0. The Labute approximate surface area is 96.2 Å². The third-order valence-corrected chi connectivity index (χ3v) is 1.99. The minimum absolute atomic E-state index is 0.369. The van der Waals surface area contributed by atoms with Gasteiger partial charge in [0, 0.05) is 0 Å². The summed E-state index contributed by atoms with van der Waals surface area (Å²) in [5, 5.41) is 0. The van der Waals surface area contributed by atoms with Crippen molar-refractivity contribution >= 4 is 5.97 Å². The number of hydrogen-bond acceptors (Lipinski definition) is 2. The largest absolute Gasteiger partial charge is 0.424 e. The molecule has 0 saturated carbocycles. The summed E-state index contributed by atoms with van der Waals surface area (Å²) in [6, 6.07) is 8.88. The van der Waals surface area contributed by atoms with Crippen LogP contribution in [0.25, 0.3) is 0 Å². The Hall–Kier alpha value is -1.83. The zero-order chi connectivity index (χ0) is 11.8. The van der Waals surface area contributed by atoms with Gasteiger partial charge in [0.05, 0.1) is 5.56 Å². The van der Waals surface area contributed by atoms with E-state index in [-0.39, 0.29) is 5.97 Å². The first-order valence-corrected chi connectivity index (χ1v) is 5.36. The molecule has 0 atom stereocenters. The van der Waals surface area contributed by atoms with Crippen LogP contribution in [-0.2, 0) is 4.74 Å². The highest BCUT2D eigenvalue weighted by Gasteiger charge is 2.06. The molecule has 16 heavy (non-hydrogen) atoms. The molecule has 1 aromatic carbocycles. The normalized spacial score (nSPS) is 10.3. The monoisotopic (exact) mass is 216 g/mol. The van der Waals surface area contributed by atoms with E-state index in [2.05, 4.69) is 13.5 Å². The Bertz CT molecular complexity index is 377. The first-order chi connectivity index (χ1) is 7.74. The van der Waals surface area contributed by atoms with Gasteiger partial charge in [-0.15, -0.1) is 0 Å². The fraction of sp³-hybridized carbons (Fsp3) is 0.214. The van der Waals surface area contributed by atoms with Crippen molar-refractivity contribution in [2.75, 3.05) is 0 Å². The number of carbonyl (C=O) groups excluding carboxylic acids is 1. The van der Waals surface area contributed by atoms with Crippen LogP contribution in [0, 0.1) is 0 Å². The molecular formula is C14H16O2. The van der Waals surface area contributed by atoms with Gasteiger partial charge in [-0.05, 0) is 24.6 Å². The fourth-order valence-electron chi connectivity index (χ4n) is 1.17. The number of rotatable bonds is 5. The lowest BCUT2D eigenvalue weighted by Crippen LogP contribution is -2.02. The fourth-order valence-corrected chi connectivity index (χ4v) is 1.17. The molecule has 0 aliphatic carbocycles. The van der Waals surface area contributed by atoms with Gasteiger partial charge in [-0.3, -0.25) is 0 Å². The summed E-state index contributed by atoms with van der Waals surface area (Å²) in [5.41, 5.74) is 0.535. The lowest BCUT2D eigenvalue weighted by Gasteiger charge is -2.02. The second kappa shape index (κ2) is 6.62. The molecule has 0 radical (unpaired) electrons. The molecule has 0 amide bonds. The van der Waals surface area contributed by atoms with E-state index in [0.717, 1.165) is 12.8 Å². The summed E-state index contributed by atoms with van der Waals surface area (Å²) in [6.07, 6.45) is 5.70. The van der Waals surface area contributed by atoms with Gasteiger partial charge >= 0.3 is 5.97 Å². The van der Waals surface area contributed by atoms with E-state index in [0.29, 0.717) is 11.3 Å². The van der Waals surface area contributed by atoms with Gasteiger partial charge in [0.1, 0.15) is 5.76 Å². The van der Waals surface area contributed by atoms with Crippen LogP contribution < -0.4 is 0 Å². The lowest BCUT2D eigenvalue weighted by molar-refractivity contribution is 0.0638. The summed E-state index contributed by atoms with van der Waals surface area (Å²) in [7, 11) is 0. The van der Waals surface area contributed by atoms with Crippen molar-refractivity contribution in [2.45, 2.75) is 19.8 Å². The average molecular weight is 216 g/mol. The molecule has 2 nitrogen and oxygen atoms in total. The molecule has 0 fully saturated rings. The molecule has 0 aliphatic rings. The highest BCUT2D eigenvalue weighted by Crippen LogP contribution is 2.06. The lowest BCUT2D eigenvalue weighted by atomic mass is 10.2. The molecule has 2 heteroatoms. The number of ether oxygens (including phenoxy) is 1. The van der Waals surface area contributed by atoms with E-state index >= 15 is 0 Å². The zero-order valence-corrected chi connectivity index (χ0v) is 9.48. The van der Waals surface area contributed by atoms with Crippen molar-refractivity contribution in [3.05, 3.63) is 60.4 Å². The first kappa shape index (κ1) is 12.2. The average Bonchev–Trinajstić information content (AvgIpc) is 2.30. The van der Waals surface area contributed by atoms with E-state index in [4.69, 9.17) is 4.74 Å². The maximum absolute atomic E-state index is 11.6. The number of esters is 1. The molecule has 84 valence electrons. The smallest absolute Gasteiger partial charge is 0.343 e. The molecule has 0 aromatic heterocycles. The minimum atomic E-state index is -0.369. The predicted molar refractivity (Wildman–Crippen MR) is 65.0 cm³/mol. The van der Waals surface area contributed by atoms with Gasteiger partial charge in [-0.1, -0.05) is 44.2 Å². The van der Waals surface area contributed by atoms with Crippen LogP contribution in [0.3, 0.4) is 0 Å². The topological polar surface area (TPSA) is 26.3 Å². The van der Waals surface area contributed by atoms with Crippen LogP contribution >= 0.6 is 0 Å². The Morgan fingerprint density at radius 1 is 1.38 bits per heavy atom. The van der Waals surface area contributed by atoms with Crippen LogP contribution in [0.2, 0.25) is 0 Å². The molecule has 0 aliphatic heterocycles. The van der Waals surface area contributed by atoms with Crippen LogP contribution in [0.15, 0.2) is 54.8 Å². The van der Waals surface area contributed by atoms with Gasteiger partial charge in [-0.25, -0.2) is 4.79 Å². The Balaban J connectivity index is 2.49. The molecule has 0 heterocycles.